The number of nitrogens with zero attached hydrogens (tertiary/aromatic N) is 2. The zero-order chi connectivity index (χ0) is 15.1. The highest BCUT2D eigenvalue weighted by molar-refractivity contribution is 6.42. The van der Waals surface area contributed by atoms with Gasteiger partial charge >= 0.3 is 0 Å². The van der Waals surface area contributed by atoms with E-state index >= 15 is 0 Å². The van der Waals surface area contributed by atoms with Crippen LogP contribution in [0.25, 0.3) is 16.7 Å². The summed E-state index contributed by atoms with van der Waals surface area (Å²) in [5.74, 6) is -0.0869. The van der Waals surface area contributed by atoms with Crippen LogP contribution in [0.3, 0.4) is 0 Å². The largest absolute Gasteiger partial charge is 0.494 e. The summed E-state index contributed by atoms with van der Waals surface area (Å²) in [4.78, 5) is 4.23. The second kappa shape index (κ2) is 5.09. The van der Waals surface area contributed by atoms with E-state index in [-0.39, 0.29) is 11.7 Å². The van der Waals surface area contributed by atoms with Gasteiger partial charge in [-0.05, 0) is 24.3 Å². The van der Waals surface area contributed by atoms with Gasteiger partial charge in [0, 0.05) is 6.07 Å². The highest BCUT2D eigenvalue weighted by atomic mass is 35.5. The lowest BCUT2D eigenvalue weighted by atomic mass is 10.2. The molecular formula is C14H10Cl2FN3O. The predicted octanol–water partition coefficient (Wildman–Crippen LogP) is 4.06. The summed E-state index contributed by atoms with van der Waals surface area (Å²) in [5.41, 5.74) is 7.84. The van der Waals surface area contributed by atoms with Crippen molar-refractivity contribution in [3.05, 3.63) is 46.2 Å². The Morgan fingerprint density at radius 1 is 1.19 bits per heavy atom. The molecule has 108 valence electrons. The number of halogens is 3. The standard InChI is InChI=1S/C14H10Cl2FN3O/c1-21-13-4-7(2-3-10(13)17)20-12-6-9(16)8(15)5-11(12)19-14(20)18/h2-6H,1H3,(H2,18,19). The van der Waals surface area contributed by atoms with Gasteiger partial charge in [-0.2, -0.15) is 0 Å². The average Bonchev–Trinajstić information content (AvgIpc) is 2.75. The maximum Gasteiger partial charge on any atom is 0.205 e. The van der Waals surface area contributed by atoms with Gasteiger partial charge in [-0.15, -0.1) is 0 Å². The van der Waals surface area contributed by atoms with Gasteiger partial charge in [0.05, 0.1) is 33.9 Å². The van der Waals surface area contributed by atoms with Gasteiger partial charge in [-0.25, -0.2) is 9.37 Å². The summed E-state index contributed by atoms with van der Waals surface area (Å²) < 4.78 is 20.2. The number of benzene rings is 2. The molecule has 2 N–H and O–H groups in total. The molecular weight excluding hydrogens is 316 g/mol. The van der Waals surface area contributed by atoms with Crippen LogP contribution in [0.1, 0.15) is 0 Å². The molecule has 1 heterocycles. The molecule has 0 amide bonds. The third kappa shape index (κ3) is 2.28. The van der Waals surface area contributed by atoms with E-state index in [1.54, 1.807) is 22.8 Å². The topological polar surface area (TPSA) is 53.1 Å². The first kappa shape index (κ1) is 14.0. The third-order valence-corrected chi connectivity index (χ3v) is 3.84. The van der Waals surface area contributed by atoms with Crippen molar-refractivity contribution in [2.45, 2.75) is 0 Å². The van der Waals surface area contributed by atoms with Crippen molar-refractivity contribution >= 4 is 40.2 Å². The van der Waals surface area contributed by atoms with Crippen LogP contribution in [0.5, 0.6) is 5.75 Å². The molecule has 1 aromatic heterocycles. The molecule has 21 heavy (non-hydrogen) atoms. The van der Waals surface area contributed by atoms with E-state index in [9.17, 15) is 4.39 Å². The Balaban J connectivity index is 2.29. The third-order valence-electron chi connectivity index (χ3n) is 3.12. The van der Waals surface area contributed by atoms with Crippen molar-refractivity contribution in [3.63, 3.8) is 0 Å². The summed E-state index contributed by atoms with van der Waals surface area (Å²) in [5, 5.41) is 0.782. The molecule has 0 saturated heterocycles. The van der Waals surface area contributed by atoms with E-state index in [0.29, 0.717) is 26.8 Å². The second-order valence-electron chi connectivity index (χ2n) is 4.38. The Morgan fingerprint density at radius 3 is 2.62 bits per heavy atom. The van der Waals surface area contributed by atoms with Crippen LogP contribution in [-0.4, -0.2) is 16.7 Å². The molecule has 0 bridgehead atoms. The van der Waals surface area contributed by atoms with Crippen LogP contribution in [-0.2, 0) is 0 Å². The molecule has 0 atom stereocenters. The Kier molecular flexibility index (Phi) is 3.39. The number of fused-ring (bicyclic) bond motifs is 1. The smallest absolute Gasteiger partial charge is 0.205 e. The number of nitrogen functional groups attached to an aromatic ring is 1. The number of methoxy groups -OCH3 is 1. The number of hydrogen-bond donors (Lipinski definition) is 1. The molecule has 3 aromatic rings. The lowest BCUT2D eigenvalue weighted by molar-refractivity contribution is 0.386. The molecule has 4 nitrogen and oxygen atoms in total. The van der Waals surface area contributed by atoms with E-state index in [0.717, 1.165) is 0 Å². The van der Waals surface area contributed by atoms with E-state index in [2.05, 4.69) is 4.98 Å². The molecule has 0 aliphatic heterocycles. The SMILES string of the molecule is COc1cc(-n2c(N)nc3cc(Cl)c(Cl)cc32)ccc1F. The van der Waals surface area contributed by atoms with Gasteiger partial charge in [-0.3, -0.25) is 4.57 Å². The summed E-state index contributed by atoms with van der Waals surface area (Å²) in [6.45, 7) is 0. The summed E-state index contributed by atoms with van der Waals surface area (Å²) >= 11 is 12.0. The average molecular weight is 326 g/mol. The number of rotatable bonds is 2. The Hall–Kier alpha value is -1.98. The first-order valence-electron chi connectivity index (χ1n) is 5.98. The van der Waals surface area contributed by atoms with Crippen LogP contribution >= 0.6 is 23.2 Å². The summed E-state index contributed by atoms with van der Waals surface area (Å²) in [6, 6.07) is 7.72. The van der Waals surface area contributed by atoms with Crippen molar-refractivity contribution in [2.24, 2.45) is 0 Å². The van der Waals surface area contributed by atoms with Gasteiger partial charge in [0.1, 0.15) is 0 Å². The van der Waals surface area contributed by atoms with Gasteiger partial charge in [0.15, 0.2) is 11.6 Å². The van der Waals surface area contributed by atoms with Crippen LogP contribution in [0, 0.1) is 5.82 Å². The Morgan fingerprint density at radius 2 is 1.90 bits per heavy atom. The van der Waals surface area contributed by atoms with Crippen molar-refractivity contribution in [1.29, 1.82) is 0 Å². The fraction of sp³-hybridized carbons (Fsp3) is 0.0714. The van der Waals surface area contributed by atoms with E-state index in [1.165, 1.54) is 19.2 Å². The van der Waals surface area contributed by atoms with Crippen molar-refractivity contribution in [1.82, 2.24) is 9.55 Å². The van der Waals surface area contributed by atoms with Crippen LogP contribution in [0.2, 0.25) is 10.0 Å². The quantitative estimate of drug-likeness (QED) is 0.772. The molecule has 0 fully saturated rings. The van der Waals surface area contributed by atoms with Crippen molar-refractivity contribution in [3.8, 4) is 11.4 Å². The van der Waals surface area contributed by atoms with Gasteiger partial charge in [-0.1, -0.05) is 23.2 Å². The summed E-state index contributed by atoms with van der Waals surface area (Å²) in [7, 11) is 1.40. The number of anilines is 1. The van der Waals surface area contributed by atoms with E-state index in [1.807, 2.05) is 0 Å². The normalized spacial score (nSPS) is 11.0. The minimum absolute atomic E-state index is 0.119. The second-order valence-corrected chi connectivity index (χ2v) is 5.19. The number of imidazole rings is 1. The van der Waals surface area contributed by atoms with E-state index in [4.69, 9.17) is 33.7 Å². The first-order chi connectivity index (χ1) is 10.0. The minimum Gasteiger partial charge on any atom is -0.494 e. The summed E-state index contributed by atoms with van der Waals surface area (Å²) in [6.07, 6.45) is 0. The van der Waals surface area contributed by atoms with Gasteiger partial charge in [0.2, 0.25) is 5.95 Å². The monoisotopic (exact) mass is 325 g/mol. The fourth-order valence-corrected chi connectivity index (χ4v) is 2.47. The molecule has 0 radical (unpaired) electrons. The van der Waals surface area contributed by atoms with Crippen molar-refractivity contribution in [2.75, 3.05) is 12.8 Å². The Labute approximate surface area is 129 Å². The zero-order valence-corrected chi connectivity index (χ0v) is 12.4. The van der Waals surface area contributed by atoms with Gasteiger partial charge < -0.3 is 10.5 Å². The molecule has 0 unspecified atom stereocenters. The predicted molar refractivity (Wildman–Crippen MR) is 82.0 cm³/mol. The highest BCUT2D eigenvalue weighted by Crippen LogP contribution is 2.32. The number of nitrogens with two attached hydrogens (primary N) is 1. The maximum absolute atomic E-state index is 13.5. The fourth-order valence-electron chi connectivity index (χ4n) is 2.15. The number of hydrogen-bond acceptors (Lipinski definition) is 3. The molecule has 0 saturated carbocycles. The van der Waals surface area contributed by atoms with Gasteiger partial charge in [0.25, 0.3) is 0 Å². The Bertz CT molecular complexity index is 848. The highest BCUT2D eigenvalue weighted by Gasteiger charge is 2.14. The molecule has 2 aromatic carbocycles. The van der Waals surface area contributed by atoms with E-state index < -0.39 is 5.82 Å². The maximum atomic E-state index is 13.5. The molecule has 7 heteroatoms. The minimum atomic E-state index is -0.453. The molecule has 0 aliphatic carbocycles. The lowest BCUT2D eigenvalue weighted by Crippen LogP contribution is -2.01. The van der Waals surface area contributed by atoms with Crippen LogP contribution < -0.4 is 10.5 Å². The zero-order valence-electron chi connectivity index (χ0n) is 10.9. The molecule has 3 rings (SSSR count). The number of aromatic nitrogens is 2. The van der Waals surface area contributed by atoms with Crippen LogP contribution in [0.4, 0.5) is 10.3 Å². The molecule has 0 spiro atoms. The first-order valence-corrected chi connectivity index (χ1v) is 6.73. The molecule has 0 aliphatic rings. The van der Waals surface area contributed by atoms with Crippen molar-refractivity contribution < 1.29 is 9.13 Å². The van der Waals surface area contributed by atoms with Crippen LogP contribution in [0.15, 0.2) is 30.3 Å². The number of ether oxygens (including phenoxy) is 1. The lowest BCUT2D eigenvalue weighted by Gasteiger charge is -2.09.